The smallest absolute Gasteiger partial charge is 0.220 e. The zero-order chi connectivity index (χ0) is 13.3. The average molecular weight is 268 g/mol. The van der Waals surface area contributed by atoms with Crippen molar-refractivity contribution in [3.05, 3.63) is 46.2 Å². The number of nitriles is 1. The zero-order valence-corrected chi connectivity index (χ0v) is 10.5. The van der Waals surface area contributed by atoms with E-state index < -0.39 is 5.54 Å². The van der Waals surface area contributed by atoms with Crippen LogP contribution in [0.1, 0.15) is 15.6 Å². The first-order valence-corrected chi connectivity index (χ1v) is 6.25. The Morgan fingerprint density at radius 2 is 2.26 bits per heavy atom. The summed E-state index contributed by atoms with van der Waals surface area (Å²) in [4.78, 5) is 17.4. The van der Waals surface area contributed by atoms with Crippen LogP contribution in [0.3, 0.4) is 0 Å². The van der Waals surface area contributed by atoms with Gasteiger partial charge in [0.2, 0.25) is 5.95 Å². The molecule has 0 fully saturated rings. The molecule has 1 atom stereocenters. The average Bonchev–Trinajstić information content (AvgIpc) is 3.08. The standard InChI is InChI=1S/C12H8N6S/c13-6-8-7-16-10(19-8)12(3-1-4-17-12)9-2-5-15-11(14)18-9/h1-5,7H,(H2,14,15,18). The number of nitrogens with zero attached hydrogens (tertiary/aromatic N) is 5. The van der Waals surface area contributed by atoms with E-state index in [2.05, 4.69) is 26.0 Å². The van der Waals surface area contributed by atoms with Crippen molar-refractivity contribution in [2.75, 3.05) is 5.73 Å². The van der Waals surface area contributed by atoms with Gasteiger partial charge in [-0.25, -0.2) is 15.0 Å². The Bertz CT molecular complexity index is 712. The molecule has 7 heteroatoms. The van der Waals surface area contributed by atoms with E-state index in [4.69, 9.17) is 11.0 Å². The lowest BCUT2D eigenvalue weighted by molar-refractivity contribution is 0.664. The maximum atomic E-state index is 8.91. The number of hydrogen-bond donors (Lipinski definition) is 1. The lowest BCUT2D eigenvalue weighted by Crippen LogP contribution is -2.23. The van der Waals surface area contributed by atoms with Crippen molar-refractivity contribution in [3.8, 4) is 6.07 Å². The summed E-state index contributed by atoms with van der Waals surface area (Å²) in [5.74, 6) is 0.185. The molecule has 1 aliphatic heterocycles. The van der Waals surface area contributed by atoms with Crippen LogP contribution >= 0.6 is 11.3 Å². The predicted octanol–water partition coefficient (Wildman–Crippen LogP) is 1.27. The number of nitrogen functional groups attached to an aromatic ring is 1. The third-order valence-corrected chi connectivity index (χ3v) is 3.73. The van der Waals surface area contributed by atoms with Gasteiger partial charge < -0.3 is 5.73 Å². The summed E-state index contributed by atoms with van der Waals surface area (Å²) in [6, 6.07) is 3.82. The van der Waals surface area contributed by atoms with Crippen LogP contribution in [-0.4, -0.2) is 21.2 Å². The number of thiazole rings is 1. The van der Waals surface area contributed by atoms with Gasteiger partial charge in [0.25, 0.3) is 0 Å². The number of aliphatic imine (C=N–C) groups is 1. The maximum absolute atomic E-state index is 8.91. The van der Waals surface area contributed by atoms with Crippen LogP contribution in [0.4, 0.5) is 5.95 Å². The molecule has 19 heavy (non-hydrogen) atoms. The Balaban J connectivity index is 2.18. The second-order valence-corrected chi connectivity index (χ2v) is 4.88. The minimum absolute atomic E-state index is 0.185. The first kappa shape index (κ1) is 11.5. The molecule has 2 N–H and O–H groups in total. The second kappa shape index (κ2) is 4.26. The minimum atomic E-state index is -0.795. The Kier molecular flexibility index (Phi) is 2.58. The monoisotopic (exact) mass is 268 g/mol. The van der Waals surface area contributed by atoms with Crippen LogP contribution in [0, 0.1) is 11.3 Å². The molecule has 6 nitrogen and oxygen atoms in total. The fourth-order valence-electron chi connectivity index (χ4n) is 1.86. The molecule has 3 rings (SSSR count). The molecule has 0 radical (unpaired) electrons. The quantitative estimate of drug-likeness (QED) is 0.883. The summed E-state index contributed by atoms with van der Waals surface area (Å²) in [5, 5.41) is 9.60. The van der Waals surface area contributed by atoms with Crippen molar-refractivity contribution in [1.29, 1.82) is 5.26 Å². The molecule has 92 valence electrons. The van der Waals surface area contributed by atoms with E-state index in [1.807, 2.05) is 12.2 Å². The highest BCUT2D eigenvalue weighted by atomic mass is 32.1. The van der Waals surface area contributed by atoms with Crippen molar-refractivity contribution in [3.63, 3.8) is 0 Å². The van der Waals surface area contributed by atoms with Gasteiger partial charge in [-0.05, 0) is 18.2 Å². The second-order valence-electron chi connectivity index (χ2n) is 3.85. The number of rotatable bonds is 2. The van der Waals surface area contributed by atoms with Crippen molar-refractivity contribution in [2.45, 2.75) is 5.54 Å². The number of nitrogens with two attached hydrogens (primary N) is 1. The molecular weight excluding hydrogens is 260 g/mol. The van der Waals surface area contributed by atoms with Gasteiger partial charge in [-0.2, -0.15) is 5.26 Å². The van der Waals surface area contributed by atoms with Crippen molar-refractivity contribution in [2.24, 2.45) is 4.99 Å². The molecule has 3 heterocycles. The third kappa shape index (κ3) is 1.78. The molecule has 0 bridgehead atoms. The largest absolute Gasteiger partial charge is 0.368 e. The lowest BCUT2D eigenvalue weighted by Gasteiger charge is -2.20. The summed E-state index contributed by atoms with van der Waals surface area (Å²) in [6.45, 7) is 0. The van der Waals surface area contributed by atoms with E-state index >= 15 is 0 Å². The van der Waals surface area contributed by atoms with E-state index in [1.54, 1.807) is 18.5 Å². The van der Waals surface area contributed by atoms with Crippen LogP contribution in [-0.2, 0) is 5.54 Å². The molecule has 0 saturated heterocycles. The van der Waals surface area contributed by atoms with Crippen molar-refractivity contribution >= 4 is 23.5 Å². The zero-order valence-electron chi connectivity index (χ0n) is 9.69. The summed E-state index contributed by atoms with van der Waals surface area (Å²) in [7, 11) is 0. The van der Waals surface area contributed by atoms with Gasteiger partial charge in [-0.1, -0.05) is 0 Å². The van der Waals surface area contributed by atoms with Crippen molar-refractivity contribution < 1.29 is 0 Å². The summed E-state index contributed by atoms with van der Waals surface area (Å²) >= 11 is 1.29. The summed E-state index contributed by atoms with van der Waals surface area (Å²) in [5.41, 5.74) is 5.47. The normalized spacial score (nSPS) is 20.6. The van der Waals surface area contributed by atoms with Crippen LogP contribution in [0.5, 0.6) is 0 Å². The Hall–Kier alpha value is -2.59. The molecule has 1 unspecified atom stereocenters. The Morgan fingerprint density at radius 1 is 1.37 bits per heavy atom. The van der Waals surface area contributed by atoms with Gasteiger partial charge in [0.15, 0.2) is 5.54 Å². The highest BCUT2D eigenvalue weighted by Crippen LogP contribution is 2.38. The molecule has 0 aliphatic carbocycles. The SMILES string of the molecule is N#Cc1cnc(C2(c3ccnc(N)n3)C=CC=N2)s1. The number of allylic oxidation sites excluding steroid dienone is 1. The van der Waals surface area contributed by atoms with Gasteiger partial charge in [-0.15, -0.1) is 11.3 Å². The third-order valence-electron chi connectivity index (χ3n) is 2.71. The summed E-state index contributed by atoms with van der Waals surface area (Å²) < 4.78 is 0. The topological polar surface area (TPSA) is 101 Å². The lowest BCUT2D eigenvalue weighted by atomic mass is 9.97. The van der Waals surface area contributed by atoms with Crippen LogP contribution in [0.25, 0.3) is 0 Å². The molecular formula is C12H8N6S. The highest BCUT2D eigenvalue weighted by molar-refractivity contribution is 7.12. The molecule has 1 aliphatic rings. The molecule has 0 saturated carbocycles. The molecule has 0 amide bonds. The van der Waals surface area contributed by atoms with Crippen LogP contribution < -0.4 is 5.73 Å². The van der Waals surface area contributed by atoms with E-state index in [-0.39, 0.29) is 5.95 Å². The van der Waals surface area contributed by atoms with E-state index in [0.29, 0.717) is 15.6 Å². The van der Waals surface area contributed by atoms with Gasteiger partial charge in [0.1, 0.15) is 16.0 Å². The van der Waals surface area contributed by atoms with Gasteiger partial charge in [-0.3, -0.25) is 4.99 Å². The Morgan fingerprint density at radius 3 is 2.89 bits per heavy atom. The molecule has 0 spiro atoms. The fraction of sp³-hybridized carbons (Fsp3) is 0.0833. The molecule has 2 aromatic rings. The molecule has 2 aromatic heterocycles. The number of hydrogen-bond acceptors (Lipinski definition) is 7. The van der Waals surface area contributed by atoms with Crippen LogP contribution in [0.15, 0.2) is 35.6 Å². The first-order chi connectivity index (χ1) is 9.24. The van der Waals surface area contributed by atoms with Crippen molar-refractivity contribution in [1.82, 2.24) is 15.0 Å². The van der Waals surface area contributed by atoms with E-state index in [0.717, 1.165) is 0 Å². The van der Waals surface area contributed by atoms with Crippen LogP contribution in [0.2, 0.25) is 0 Å². The fourth-order valence-corrected chi connectivity index (χ4v) is 2.71. The highest BCUT2D eigenvalue weighted by Gasteiger charge is 2.37. The molecule has 0 aromatic carbocycles. The summed E-state index contributed by atoms with van der Waals surface area (Å²) in [6.07, 6.45) is 8.51. The van der Waals surface area contributed by atoms with Gasteiger partial charge in [0.05, 0.1) is 11.9 Å². The van der Waals surface area contributed by atoms with E-state index in [1.165, 1.54) is 17.5 Å². The Labute approximate surface area is 113 Å². The first-order valence-electron chi connectivity index (χ1n) is 5.43. The minimum Gasteiger partial charge on any atom is -0.368 e. The number of aromatic nitrogens is 3. The number of anilines is 1. The predicted molar refractivity (Wildman–Crippen MR) is 71.7 cm³/mol. The van der Waals surface area contributed by atoms with Gasteiger partial charge in [0, 0.05) is 12.4 Å². The van der Waals surface area contributed by atoms with E-state index in [9.17, 15) is 0 Å². The maximum Gasteiger partial charge on any atom is 0.220 e. The van der Waals surface area contributed by atoms with Gasteiger partial charge >= 0.3 is 0 Å².